The van der Waals surface area contributed by atoms with Crippen LogP contribution < -0.4 is 10.2 Å². The Balaban J connectivity index is 1.63. The third-order valence-electron chi connectivity index (χ3n) is 5.56. The van der Waals surface area contributed by atoms with Gasteiger partial charge in [0.25, 0.3) is 0 Å². The number of amides is 1. The number of nitrogens with one attached hydrogen (secondary N) is 1. The third kappa shape index (κ3) is 4.93. The molecule has 0 aromatic carbocycles. The molecule has 144 valence electrons. The number of hydrogen-bond acceptors (Lipinski definition) is 5. The summed E-state index contributed by atoms with van der Waals surface area (Å²) in [6, 6.07) is -0.0771. The summed E-state index contributed by atoms with van der Waals surface area (Å²) in [5.41, 5.74) is 1.96. The molecule has 2 aliphatic heterocycles. The van der Waals surface area contributed by atoms with Crippen LogP contribution in [-0.2, 0) is 9.53 Å². The highest BCUT2D eigenvalue weighted by molar-refractivity contribution is 5.79. The van der Waals surface area contributed by atoms with Gasteiger partial charge in [-0.25, -0.2) is 9.97 Å². The molecule has 1 atom stereocenters. The van der Waals surface area contributed by atoms with Crippen molar-refractivity contribution in [2.45, 2.75) is 64.8 Å². The predicted octanol–water partition coefficient (Wildman–Crippen LogP) is 3.16. The first-order valence-electron chi connectivity index (χ1n) is 10.1. The molecular formula is C20H32N4O2. The molecule has 2 saturated heterocycles. The summed E-state index contributed by atoms with van der Waals surface area (Å²) in [7, 11) is 0. The van der Waals surface area contributed by atoms with Crippen LogP contribution in [0.5, 0.6) is 0 Å². The number of aromatic nitrogens is 2. The van der Waals surface area contributed by atoms with Crippen LogP contribution in [0.1, 0.15) is 69.2 Å². The van der Waals surface area contributed by atoms with E-state index < -0.39 is 0 Å². The van der Waals surface area contributed by atoms with Crippen LogP contribution in [0.4, 0.5) is 5.95 Å². The summed E-state index contributed by atoms with van der Waals surface area (Å²) in [5, 5.41) is 3.14. The van der Waals surface area contributed by atoms with E-state index in [0.717, 1.165) is 43.1 Å². The molecule has 0 spiro atoms. The molecule has 1 aromatic heterocycles. The Labute approximate surface area is 156 Å². The Kier molecular flexibility index (Phi) is 6.83. The first-order valence-corrected chi connectivity index (χ1v) is 10.1. The molecule has 0 bridgehead atoms. The van der Waals surface area contributed by atoms with Gasteiger partial charge in [-0.1, -0.05) is 19.3 Å². The molecule has 2 aliphatic rings. The van der Waals surface area contributed by atoms with Gasteiger partial charge in [-0.2, -0.15) is 0 Å². The first-order chi connectivity index (χ1) is 12.6. The number of anilines is 1. The molecule has 0 radical (unpaired) electrons. The van der Waals surface area contributed by atoms with Crippen molar-refractivity contribution in [2.75, 3.05) is 31.2 Å². The van der Waals surface area contributed by atoms with Gasteiger partial charge in [0, 0.05) is 49.7 Å². The van der Waals surface area contributed by atoms with E-state index in [0.29, 0.717) is 13.2 Å². The fourth-order valence-electron chi connectivity index (χ4n) is 3.86. The number of rotatable bonds is 4. The van der Waals surface area contributed by atoms with Crippen molar-refractivity contribution in [3.8, 4) is 0 Å². The van der Waals surface area contributed by atoms with Crippen LogP contribution in [0.2, 0.25) is 0 Å². The minimum absolute atomic E-state index is 0.0627. The number of aryl methyl sites for hydroxylation is 1. The zero-order valence-corrected chi connectivity index (χ0v) is 16.2. The second kappa shape index (κ2) is 9.31. The first kappa shape index (κ1) is 19.1. The van der Waals surface area contributed by atoms with Crippen molar-refractivity contribution in [1.29, 1.82) is 0 Å². The van der Waals surface area contributed by atoms with Crippen LogP contribution in [0.3, 0.4) is 0 Å². The molecule has 0 unspecified atom stereocenters. The number of carbonyl (C=O) groups is 1. The Bertz CT molecular complexity index is 593. The topological polar surface area (TPSA) is 67.4 Å². The number of hydrogen-bond donors (Lipinski definition) is 1. The van der Waals surface area contributed by atoms with E-state index in [1.54, 1.807) is 0 Å². The van der Waals surface area contributed by atoms with E-state index >= 15 is 0 Å². The van der Waals surface area contributed by atoms with Crippen LogP contribution in [0.25, 0.3) is 0 Å². The van der Waals surface area contributed by atoms with Crippen molar-refractivity contribution in [3.63, 3.8) is 0 Å². The summed E-state index contributed by atoms with van der Waals surface area (Å²) in [6.07, 6.45) is 9.86. The van der Waals surface area contributed by atoms with Gasteiger partial charge in [-0.3, -0.25) is 4.79 Å². The summed E-state index contributed by atoms with van der Waals surface area (Å²) in [4.78, 5) is 24.1. The normalized spacial score (nSPS) is 20.9. The van der Waals surface area contributed by atoms with Crippen molar-refractivity contribution < 1.29 is 9.53 Å². The van der Waals surface area contributed by atoms with Crippen molar-refractivity contribution in [3.05, 3.63) is 17.5 Å². The highest BCUT2D eigenvalue weighted by Crippen LogP contribution is 2.22. The lowest BCUT2D eigenvalue weighted by atomic mass is 9.98. The summed E-state index contributed by atoms with van der Waals surface area (Å²) >= 11 is 0. The van der Waals surface area contributed by atoms with Gasteiger partial charge >= 0.3 is 0 Å². The van der Waals surface area contributed by atoms with Crippen LogP contribution in [-0.4, -0.2) is 42.2 Å². The SMILES string of the molecule is Cc1nc(N2CCCCCCC2)ncc1[C@@H](C)NC(=O)C1CCOCC1. The van der Waals surface area contributed by atoms with Crippen molar-refractivity contribution in [2.24, 2.45) is 5.92 Å². The molecule has 6 nitrogen and oxygen atoms in total. The smallest absolute Gasteiger partial charge is 0.225 e. The van der Waals surface area contributed by atoms with Gasteiger partial charge in [-0.05, 0) is 39.5 Å². The van der Waals surface area contributed by atoms with Gasteiger partial charge in [0.2, 0.25) is 11.9 Å². The molecule has 3 heterocycles. The van der Waals surface area contributed by atoms with Crippen molar-refractivity contribution >= 4 is 11.9 Å². The molecule has 0 saturated carbocycles. The lowest BCUT2D eigenvalue weighted by Crippen LogP contribution is -2.36. The van der Waals surface area contributed by atoms with Gasteiger partial charge in [0.15, 0.2) is 0 Å². The number of ether oxygens (including phenoxy) is 1. The zero-order chi connectivity index (χ0) is 18.4. The molecule has 2 fully saturated rings. The molecule has 3 rings (SSSR count). The van der Waals surface area contributed by atoms with E-state index in [2.05, 4.69) is 15.2 Å². The Morgan fingerprint density at radius 3 is 2.50 bits per heavy atom. The average Bonchev–Trinajstić information content (AvgIpc) is 2.62. The predicted molar refractivity (Wildman–Crippen MR) is 102 cm³/mol. The average molecular weight is 361 g/mol. The lowest BCUT2D eigenvalue weighted by Gasteiger charge is -2.26. The number of nitrogens with zero attached hydrogens (tertiary/aromatic N) is 3. The Morgan fingerprint density at radius 1 is 1.19 bits per heavy atom. The van der Waals surface area contributed by atoms with Crippen LogP contribution in [0, 0.1) is 12.8 Å². The summed E-state index contributed by atoms with van der Waals surface area (Å²) < 4.78 is 5.34. The second-order valence-corrected chi connectivity index (χ2v) is 7.58. The van der Waals surface area contributed by atoms with E-state index in [-0.39, 0.29) is 17.9 Å². The third-order valence-corrected chi connectivity index (χ3v) is 5.56. The van der Waals surface area contributed by atoms with Gasteiger partial charge in [-0.15, -0.1) is 0 Å². The Morgan fingerprint density at radius 2 is 1.85 bits per heavy atom. The fraction of sp³-hybridized carbons (Fsp3) is 0.750. The summed E-state index contributed by atoms with van der Waals surface area (Å²) in [5.74, 6) is 1.01. The number of carbonyl (C=O) groups excluding carboxylic acids is 1. The maximum absolute atomic E-state index is 12.5. The fourth-order valence-corrected chi connectivity index (χ4v) is 3.86. The Hall–Kier alpha value is -1.69. The molecule has 1 aromatic rings. The van der Waals surface area contributed by atoms with Gasteiger partial charge in [0.05, 0.1) is 6.04 Å². The van der Waals surface area contributed by atoms with E-state index in [1.807, 2.05) is 20.0 Å². The maximum atomic E-state index is 12.5. The summed E-state index contributed by atoms with van der Waals surface area (Å²) in [6.45, 7) is 7.46. The van der Waals surface area contributed by atoms with Gasteiger partial charge in [0.1, 0.15) is 0 Å². The van der Waals surface area contributed by atoms with E-state index in [1.165, 1.54) is 32.1 Å². The largest absolute Gasteiger partial charge is 0.381 e. The van der Waals surface area contributed by atoms with Gasteiger partial charge < -0.3 is 15.0 Å². The lowest BCUT2D eigenvalue weighted by molar-refractivity contribution is -0.128. The minimum Gasteiger partial charge on any atom is -0.381 e. The van der Waals surface area contributed by atoms with Crippen LogP contribution >= 0.6 is 0 Å². The van der Waals surface area contributed by atoms with Crippen LogP contribution in [0.15, 0.2) is 6.20 Å². The molecule has 0 aliphatic carbocycles. The monoisotopic (exact) mass is 360 g/mol. The zero-order valence-electron chi connectivity index (χ0n) is 16.2. The van der Waals surface area contributed by atoms with E-state index in [9.17, 15) is 4.79 Å². The highest BCUT2D eigenvalue weighted by atomic mass is 16.5. The molecular weight excluding hydrogens is 328 g/mol. The molecule has 6 heteroatoms. The quantitative estimate of drug-likeness (QED) is 0.893. The minimum atomic E-state index is -0.0771. The second-order valence-electron chi connectivity index (χ2n) is 7.58. The molecule has 26 heavy (non-hydrogen) atoms. The van der Waals surface area contributed by atoms with E-state index in [4.69, 9.17) is 9.72 Å². The van der Waals surface area contributed by atoms with Crippen molar-refractivity contribution in [1.82, 2.24) is 15.3 Å². The highest BCUT2D eigenvalue weighted by Gasteiger charge is 2.24. The standard InChI is InChI=1S/C20H32N4O2/c1-15(22-19(25)17-8-12-26-13-9-17)18-14-21-20(23-16(18)2)24-10-6-4-3-5-7-11-24/h14-15,17H,3-13H2,1-2H3,(H,22,25)/t15-/m1/s1. The molecule has 1 N–H and O–H groups in total. The maximum Gasteiger partial charge on any atom is 0.225 e. The molecule has 1 amide bonds.